The van der Waals surface area contributed by atoms with Gasteiger partial charge < -0.3 is 13.9 Å². The molecular weight excluding hydrogens is 609 g/mol. The van der Waals surface area contributed by atoms with Gasteiger partial charge in [0, 0.05) is 49.6 Å². The van der Waals surface area contributed by atoms with E-state index >= 15 is 0 Å². The Morgan fingerprint density at radius 1 is 0.800 bits per heavy atom. The van der Waals surface area contributed by atoms with Crippen LogP contribution in [0.5, 0.6) is 0 Å². The molecule has 0 N–H and O–H groups in total. The highest BCUT2D eigenvalue weighted by Crippen LogP contribution is 2.56. The van der Waals surface area contributed by atoms with Crippen LogP contribution in [0.15, 0.2) is 137 Å². The molecule has 246 valence electrons. The van der Waals surface area contributed by atoms with Crippen LogP contribution >= 0.6 is 0 Å². The first-order valence-corrected chi connectivity index (χ1v) is 18.3. The van der Waals surface area contributed by atoms with Crippen molar-refractivity contribution in [3.05, 3.63) is 155 Å². The lowest BCUT2D eigenvalue weighted by Gasteiger charge is -2.32. The number of fused-ring (bicyclic) bond motifs is 8. The molecule has 0 amide bonds. The number of para-hydroxylation sites is 3. The quantitative estimate of drug-likeness (QED) is 0.189. The molecule has 0 bridgehead atoms. The van der Waals surface area contributed by atoms with Gasteiger partial charge in [0.05, 0.1) is 11.7 Å². The fourth-order valence-corrected chi connectivity index (χ4v) is 9.56. The molecule has 2 aromatic heterocycles. The minimum absolute atomic E-state index is 0.148. The van der Waals surface area contributed by atoms with Crippen LogP contribution < -0.4 is 4.90 Å². The molecule has 0 radical (unpaired) electrons. The Morgan fingerprint density at radius 2 is 1.54 bits per heavy atom. The van der Waals surface area contributed by atoms with Gasteiger partial charge in [-0.05, 0) is 95.9 Å². The van der Waals surface area contributed by atoms with Gasteiger partial charge in [-0.2, -0.15) is 0 Å². The van der Waals surface area contributed by atoms with E-state index in [1.54, 1.807) is 0 Å². The maximum absolute atomic E-state index is 6.75. The van der Waals surface area contributed by atoms with Gasteiger partial charge in [0.1, 0.15) is 5.76 Å². The maximum Gasteiger partial charge on any atom is 0.159 e. The molecule has 0 saturated carbocycles. The van der Waals surface area contributed by atoms with Crippen LogP contribution in [-0.4, -0.2) is 4.57 Å². The van der Waals surface area contributed by atoms with Gasteiger partial charge >= 0.3 is 0 Å². The average molecular weight is 651 g/mol. The second kappa shape index (κ2) is 10.9. The van der Waals surface area contributed by atoms with E-state index in [9.17, 15) is 0 Å². The summed E-state index contributed by atoms with van der Waals surface area (Å²) in [6.45, 7) is 9.46. The van der Waals surface area contributed by atoms with Crippen LogP contribution in [0.1, 0.15) is 81.4 Å². The van der Waals surface area contributed by atoms with Crippen LogP contribution in [0, 0.1) is 5.92 Å². The molecule has 3 unspecified atom stereocenters. The minimum atomic E-state index is -0.148. The molecule has 10 rings (SSSR count). The van der Waals surface area contributed by atoms with Crippen molar-refractivity contribution in [1.82, 2.24) is 4.57 Å². The van der Waals surface area contributed by atoms with E-state index in [2.05, 4.69) is 165 Å². The predicted octanol–water partition coefficient (Wildman–Crippen LogP) is 12.9. The first-order valence-electron chi connectivity index (χ1n) is 18.3. The van der Waals surface area contributed by atoms with Crippen molar-refractivity contribution in [2.24, 2.45) is 5.92 Å². The lowest BCUT2D eigenvalue weighted by Crippen LogP contribution is -2.21. The zero-order valence-electron chi connectivity index (χ0n) is 29.3. The van der Waals surface area contributed by atoms with Crippen LogP contribution in [-0.2, 0) is 5.41 Å². The van der Waals surface area contributed by atoms with E-state index in [0.29, 0.717) is 11.8 Å². The molecule has 4 aromatic carbocycles. The summed E-state index contributed by atoms with van der Waals surface area (Å²) in [7, 11) is 0. The second-order valence-electron chi connectivity index (χ2n) is 15.4. The number of nitrogens with zero attached hydrogens (tertiary/aromatic N) is 2. The van der Waals surface area contributed by atoms with Gasteiger partial charge in [0.15, 0.2) is 5.58 Å². The molecule has 6 aromatic rings. The minimum Gasteiger partial charge on any atom is -0.454 e. The molecule has 3 atom stereocenters. The zero-order valence-corrected chi connectivity index (χ0v) is 29.3. The molecule has 3 heteroatoms. The number of benzene rings is 4. The van der Waals surface area contributed by atoms with E-state index in [1.165, 1.54) is 66.4 Å². The van der Waals surface area contributed by atoms with Crippen LogP contribution in [0.25, 0.3) is 44.4 Å². The number of allylic oxidation sites excluding steroid dienone is 9. The van der Waals surface area contributed by atoms with E-state index in [1.807, 2.05) is 0 Å². The molecule has 0 fully saturated rings. The summed E-state index contributed by atoms with van der Waals surface area (Å²) in [5.41, 5.74) is 14.0. The third kappa shape index (κ3) is 4.16. The standard InChI is InChI=1S/C47H42N2O/c1-29-13-9-15-31(27-29)48(42-23-11-18-36-44-30(2)14-10-24-43(44)50-46(36)42)32-25-26-35-38(28-32)47(3,4)37-19-12-22-41(45(35)37)49-39-20-7-5-16-33(39)34-17-6-8-21-40(34)49/h5-13,15-21,23-26,28-30,41H,14,22,27H2,1-4H3. The van der Waals surface area contributed by atoms with Crippen molar-refractivity contribution in [2.75, 3.05) is 4.90 Å². The number of aromatic nitrogens is 1. The Labute approximate surface area is 294 Å². The highest BCUT2D eigenvalue weighted by atomic mass is 16.3. The molecule has 0 saturated heterocycles. The van der Waals surface area contributed by atoms with Crippen molar-refractivity contribution < 1.29 is 4.42 Å². The van der Waals surface area contributed by atoms with Crippen molar-refractivity contribution >= 4 is 55.8 Å². The summed E-state index contributed by atoms with van der Waals surface area (Å²) < 4.78 is 9.37. The number of rotatable bonds is 4. The zero-order chi connectivity index (χ0) is 33.7. The topological polar surface area (TPSA) is 21.3 Å². The third-order valence-electron chi connectivity index (χ3n) is 11.9. The monoisotopic (exact) mass is 650 g/mol. The van der Waals surface area contributed by atoms with Crippen molar-refractivity contribution in [3.63, 3.8) is 0 Å². The van der Waals surface area contributed by atoms with E-state index in [4.69, 9.17) is 4.42 Å². The summed E-state index contributed by atoms with van der Waals surface area (Å²) in [6, 6.07) is 32.0. The highest BCUT2D eigenvalue weighted by Gasteiger charge is 2.42. The molecule has 4 aliphatic carbocycles. The summed E-state index contributed by atoms with van der Waals surface area (Å²) in [5, 5.41) is 3.88. The van der Waals surface area contributed by atoms with Crippen LogP contribution in [0.2, 0.25) is 0 Å². The van der Waals surface area contributed by atoms with Crippen molar-refractivity contribution in [2.45, 2.75) is 64.3 Å². The third-order valence-corrected chi connectivity index (χ3v) is 11.9. The highest BCUT2D eigenvalue weighted by molar-refractivity contribution is 6.09. The smallest absolute Gasteiger partial charge is 0.159 e. The number of anilines is 2. The number of furan rings is 1. The summed E-state index contributed by atoms with van der Waals surface area (Å²) in [5.74, 6) is 1.90. The van der Waals surface area contributed by atoms with Gasteiger partial charge in [0.2, 0.25) is 0 Å². The molecule has 0 aliphatic heterocycles. The van der Waals surface area contributed by atoms with Crippen molar-refractivity contribution in [3.8, 4) is 0 Å². The largest absolute Gasteiger partial charge is 0.454 e. The maximum atomic E-state index is 6.75. The number of hydrogen-bond acceptors (Lipinski definition) is 2. The molecule has 0 spiro atoms. The van der Waals surface area contributed by atoms with Crippen molar-refractivity contribution in [1.29, 1.82) is 0 Å². The SMILES string of the molecule is CC1C=CC=C(N(c2ccc3c(c2)C(C)(C)C2=C3C(n3c4ccccc4c4ccccc43)CC=C2)c2cccc3c4c(oc23)C=CCC4C)C1. The Balaban J connectivity index is 1.16. The fraction of sp³-hybridized carbons (Fsp3) is 0.234. The molecule has 4 aliphatic rings. The lowest BCUT2D eigenvalue weighted by molar-refractivity contribution is 0.586. The summed E-state index contributed by atoms with van der Waals surface area (Å²) in [6.07, 6.45) is 19.1. The lowest BCUT2D eigenvalue weighted by atomic mass is 9.79. The first-order chi connectivity index (χ1) is 24.4. The predicted molar refractivity (Wildman–Crippen MR) is 210 cm³/mol. The van der Waals surface area contributed by atoms with Crippen LogP contribution in [0.4, 0.5) is 11.4 Å². The molecule has 50 heavy (non-hydrogen) atoms. The fourth-order valence-electron chi connectivity index (χ4n) is 9.56. The van der Waals surface area contributed by atoms with Gasteiger partial charge in [-0.25, -0.2) is 0 Å². The summed E-state index contributed by atoms with van der Waals surface area (Å²) in [4.78, 5) is 2.49. The van der Waals surface area contributed by atoms with Gasteiger partial charge in [-0.15, -0.1) is 0 Å². The Hall–Kier alpha value is -5.28. The molecule has 3 nitrogen and oxygen atoms in total. The van der Waals surface area contributed by atoms with Gasteiger partial charge in [-0.1, -0.05) is 113 Å². The van der Waals surface area contributed by atoms with Gasteiger partial charge in [-0.3, -0.25) is 0 Å². The van der Waals surface area contributed by atoms with Crippen LogP contribution in [0.3, 0.4) is 0 Å². The molecular formula is C47H42N2O. The average Bonchev–Trinajstić information content (AvgIpc) is 3.76. The Morgan fingerprint density at radius 3 is 2.32 bits per heavy atom. The normalized spacial score (nSPS) is 21.9. The van der Waals surface area contributed by atoms with E-state index in [-0.39, 0.29) is 11.5 Å². The van der Waals surface area contributed by atoms with E-state index in [0.717, 1.165) is 36.3 Å². The second-order valence-corrected chi connectivity index (χ2v) is 15.4. The first kappa shape index (κ1) is 29.6. The summed E-state index contributed by atoms with van der Waals surface area (Å²) >= 11 is 0. The van der Waals surface area contributed by atoms with Gasteiger partial charge in [0.25, 0.3) is 0 Å². The molecule has 2 heterocycles. The Kier molecular flexibility index (Phi) is 6.43. The number of hydrogen-bond donors (Lipinski definition) is 0. The Bertz CT molecular complexity index is 2490. The van der Waals surface area contributed by atoms with E-state index < -0.39 is 0 Å².